The van der Waals surface area contributed by atoms with E-state index in [-0.39, 0.29) is 29.3 Å². The van der Waals surface area contributed by atoms with Crippen LogP contribution in [0.3, 0.4) is 0 Å². The maximum atomic E-state index is 13.2. The highest BCUT2D eigenvalue weighted by molar-refractivity contribution is 6.35. The molecule has 0 radical (unpaired) electrons. The molecule has 1 heterocycles. The van der Waals surface area contributed by atoms with Crippen LogP contribution >= 0.6 is 23.2 Å². The number of anilines is 2. The Kier molecular flexibility index (Phi) is 9.19. The molecule has 1 saturated carbocycles. The smallest absolute Gasteiger partial charge is 0.319 e. The normalized spacial score (nSPS) is 19.0. The van der Waals surface area contributed by atoms with Crippen LogP contribution in [0.2, 0.25) is 10.0 Å². The molecule has 222 valence electrons. The van der Waals surface area contributed by atoms with E-state index in [1.54, 1.807) is 48.5 Å². The molecular formula is C33H37Cl2N3O4. The fraction of sp³-hybridized carbons (Fsp3) is 0.394. The summed E-state index contributed by atoms with van der Waals surface area (Å²) in [6.07, 6.45) is 4.21. The lowest BCUT2D eigenvalue weighted by atomic mass is 9.68. The minimum atomic E-state index is -0.336. The van der Waals surface area contributed by atoms with Crippen molar-refractivity contribution in [1.82, 2.24) is 5.32 Å². The number of fused-ring (bicyclic) bond motifs is 1. The number of benzene rings is 3. The maximum Gasteiger partial charge on any atom is 0.319 e. The van der Waals surface area contributed by atoms with Crippen LogP contribution in [0.25, 0.3) is 0 Å². The van der Waals surface area contributed by atoms with Crippen LogP contribution in [0.5, 0.6) is 11.5 Å². The van der Waals surface area contributed by atoms with Crippen molar-refractivity contribution in [2.75, 3.05) is 23.8 Å². The van der Waals surface area contributed by atoms with Crippen LogP contribution in [0.15, 0.2) is 60.7 Å². The molecule has 0 saturated heterocycles. The van der Waals surface area contributed by atoms with Crippen LogP contribution in [0, 0.1) is 17.3 Å². The predicted molar refractivity (Wildman–Crippen MR) is 168 cm³/mol. The van der Waals surface area contributed by atoms with Gasteiger partial charge in [-0.2, -0.15) is 0 Å². The molecule has 2 aliphatic rings. The number of urea groups is 1. The van der Waals surface area contributed by atoms with Crippen molar-refractivity contribution in [2.24, 2.45) is 17.3 Å². The van der Waals surface area contributed by atoms with Gasteiger partial charge >= 0.3 is 6.03 Å². The molecule has 0 spiro atoms. The molecular weight excluding hydrogens is 573 g/mol. The summed E-state index contributed by atoms with van der Waals surface area (Å²) >= 11 is 12.3. The van der Waals surface area contributed by atoms with Crippen molar-refractivity contribution in [1.29, 1.82) is 0 Å². The van der Waals surface area contributed by atoms with E-state index in [0.717, 1.165) is 31.2 Å². The van der Waals surface area contributed by atoms with Crippen LogP contribution in [-0.4, -0.2) is 25.2 Å². The Morgan fingerprint density at radius 2 is 1.43 bits per heavy atom. The lowest BCUT2D eigenvalue weighted by Gasteiger charge is -2.39. The number of amides is 3. The van der Waals surface area contributed by atoms with Gasteiger partial charge < -0.3 is 25.4 Å². The standard InChI is InChI=1S/C33H37Cl2N3O4/c1-33(2,3)23-10-8-21(9-11-23)30(38-32(40)37-27-17-24(34)16-25(35)18-27)20-4-6-22(7-5-20)31(39)36-26-12-13-28-29(19-26)42-15-14-41-28/h4-7,12-13,16-19,21,23,30H,8-11,14-15H2,1-3H3,(H,36,39)(H2,37,38,40). The summed E-state index contributed by atoms with van der Waals surface area (Å²) in [7, 11) is 0. The Morgan fingerprint density at radius 1 is 0.786 bits per heavy atom. The van der Waals surface area contributed by atoms with E-state index in [1.165, 1.54) is 0 Å². The third-order valence-corrected chi connectivity index (χ3v) is 8.64. The molecule has 9 heteroatoms. The third kappa shape index (κ3) is 7.50. The van der Waals surface area contributed by atoms with Gasteiger partial charge in [-0.05, 0) is 91.0 Å². The maximum absolute atomic E-state index is 13.2. The average molecular weight is 611 g/mol. The highest BCUT2D eigenvalue weighted by Gasteiger charge is 2.34. The van der Waals surface area contributed by atoms with Gasteiger partial charge in [0.1, 0.15) is 13.2 Å². The van der Waals surface area contributed by atoms with Crippen molar-refractivity contribution >= 4 is 46.5 Å². The zero-order chi connectivity index (χ0) is 29.9. The number of ether oxygens (including phenoxy) is 2. The second-order valence-electron chi connectivity index (χ2n) is 12.1. The molecule has 1 aliphatic carbocycles. The second kappa shape index (κ2) is 12.8. The first-order valence-electron chi connectivity index (χ1n) is 14.4. The van der Waals surface area contributed by atoms with Gasteiger partial charge in [0.25, 0.3) is 5.91 Å². The summed E-state index contributed by atoms with van der Waals surface area (Å²) in [4.78, 5) is 26.2. The van der Waals surface area contributed by atoms with Crippen molar-refractivity contribution < 1.29 is 19.1 Å². The summed E-state index contributed by atoms with van der Waals surface area (Å²) in [5, 5.41) is 9.89. The number of carbonyl (C=O) groups is 2. The molecule has 1 fully saturated rings. The summed E-state index contributed by atoms with van der Waals surface area (Å²) in [5.41, 5.74) is 2.86. The number of rotatable bonds is 6. The van der Waals surface area contributed by atoms with Crippen molar-refractivity contribution in [3.8, 4) is 11.5 Å². The van der Waals surface area contributed by atoms with Gasteiger partial charge in [0, 0.05) is 33.0 Å². The van der Waals surface area contributed by atoms with Gasteiger partial charge in [-0.3, -0.25) is 4.79 Å². The van der Waals surface area contributed by atoms with Gasteiger partial charge in [-0.15, -0.1) is 0 Å². The first-order valence-corrected chi connectivity index (χ1v) is 15.2. The van der Waals surface area contributed by atoms with Crippen molar-refractivity contribution in [3.05, 3.63) is 81.8 Å². The highest BCUT2D eigenvalue weighted by atomic mass is 35.5. The van der Waals surface area contributed by atoms with Crippen LogP contribution < -0.4 is 25.4 Å². The summed E-state index contributed by atoms with van der Waals surface area (Å²) in [6.45, 7) is 7.88. The molecule has 42 heavy (non-hydrogen) atoms. The zero-order valence-electron chi connectivity index (χ0n) is 24.1. The number of nitrogens with one attached hydrogen (secondary N) is 3. The molecule has 5 rings (SSSR count). The quantitative estimate of drug-likeness (QED) is 0.261. The van der Waals surface area contributed by atoms with Gasteiger partial charge in [-0.25, -0.2) is 4.79 Å². The Hall–Kier alpha value is -3.42. The van der Waals surface area contributed by atoms with Gasteiger partial charge in [0.05, 0.1) is 6.04 Å². The van der Waals surface area contributed by atoms with E-state index in [1.807, 2.05) is 12.1 Å². The largest absolute Gasteiger partial charge is 0.486 e. The Balaban J connectivity index is 1.31. The van der Waals surface area contributed by atoms with Crippen LogP contribution in [0.4, 0.5) is 16.2 Å². The van der Waals surface area contributed by atoms with E-state index in [4.69, 9.17) is 32.7 Å². The molecule has 3 N–H and O–H groups in total. The summed E-state index contributed by atoms with van der Waals surface area (Å²) < 4.78 is 11.2. The first kappa shape index (κ1) is 30.1. The van der Waals surface area contributed by atoms with E-state index in [9.17, 15) is 9.59 Å². The lowest BCUT2D eigenvalue weighted by Crippen LogP contribution is -2.38. The molecule has 7 nitrogen and oxygen atoms in total. The number of halogens is 2. The Labute approximate surface area is 257 Å². The molecule has 1 atom stereocenters. The predicted octanol–water partition coefficient (Wildman–Crippen LogP) is 8.73. The van der Waals surface area contributed by atoms with Gasteiger partial charge in [0.2, 0.25) is 0 Å². The number of carbonyl (C=O) groups excluding carboxylic acids is 2. The van der Waals surface area contributed by atoms with E-state index < -0.39 is 0 Å². The zero-order valence-corrected chi connectivity index (χ0v) is 25.6. The SMILES string of the molecule is CC(C)(C)C1CCC(C(NC(=O)Nc2cc(Cl)cc(Cl)c2)c2ccc(C(=O)Nc3ccc4c(c3)OCCO4)cc2)CC1. The van der Waals surface area contributed by atoms with Crippen LogP contribution in [0.1, 0.15) is 68.4 Å². The number of hydrogen-bond acceptors (Lipinski definition) is 4. The molecule has 3 aromatic carbocycles. The fourth-order valence-corrected chi connectivity index (χ4v) is 6.42. The summed E-state index contributed by atoms with van der Waals surface area (Å²) in [5.74, 6) is 1.95. The molecule has 0 aromatic heterocycles. The van der Waals surface area contributed by atoms with Gasteiger partial charge in [-0.1, -0.05) is 56.1 Å². The van der Waals surface area contributed by atoms with Crippen molar-refractivity contribution in [3.63, 3.8) is 0 Å². The third-order valence-electron chi connectivity index (χ3n) is 8.21. The summed E-state index contributed by atoms with van der Waals surface area (Å²) in [6, 6.07) is 17.2. The van der Waals surface area contributed by atoms with Gasteiger partial charge in [0.15, 0.2) is 11.5 Å². The topological polar surface area (TPSA) is 88.7 Å². The highest BCUT2D eigenvalue weighted by Crippen LogP contribution is 2.43. The minimum Gasteiger partial charge on any atom is -0.486 e. The first-order chi connectivity index (χ1) is 20.0. The molecule has 1 aliphatic heterocycles. The molecule has 3 aromatic rings. The van der Waals surface area contributed by atoms with E-state index >= 15 is 0 Å². The fourth-order valence-electron chi connectivity index (χ4n) is 5.89. The van der Waals surface area contributed by atoms with E-state index in [2.05, 4.69) is 36.7 Å². The molecule has 3 amide bonds. The monoisotopic (exact) mass is 609 g/mol. The second-order valence-corrected chi connectivity index (χ2v) is 13.0. The average Bonchev–Trinajstić information content (AvgIpc) is 2.95. The minimum absolute atomic E-state index is 0.226. The van der Waals surface area contributed by atoms with E-state index in [0.29, 0.717) is 57.6 Å². The Bertz CT molecular complexity index is 1410. The van der Waals surface area contributed by atoms with Crippen LogP contribution in [-0.2, 0) is 0 Å². The molecule has 1 unspecified atom stereocenters. The Morgan fingerprint density at radius 3 is 2.07 bits per heavy atom. The van der Waals surface area contributed by atoms with Crippen molar-refractivity contribution in [2.45, 2.75) is 52.5 Å². The lowest BCUT2D eigenvalue weighted by molar-refractivity contribution is 0.102. The number of hydrogen-bond donors (Lipinski definition) is 3. The molecule has 0 bridgehead atoms.